The molecule has 2 atom stereocenters. The second kappa shape index (κ2) is 5.76. The molecule has 0 aliphatic carbocycles. The molecule has 2 rings (SSSR count). The van der Waals surface area contributed by atoms with Crippen molar-refractivity contribution in [2.24, 2.45) is 5.92 Å². The molecule has 2 unspecified atom stereocenters. The smallest absolute Gasteiger partial charge is 0.285 e. The Labute approximate surface area is 106 Å². The minimum Gasteiger partial charge on any atom is -0.381 e. The van der Waals surface area contributed by atoms with Crippen LogP contribution in [-0.4, -0.2) is 25.8 Å². The molecule has 18 heavy (non-hydrogen) atoms. The van der Waals surface area contributed by atoms with Crippen LogP contribution in [0.3, 0.4) is 0 Å². The Morgan fingerprint density at radius 3 is 2.72 bits per heavy atom. The van der Waals surface area contributed by atoms with E-state index in [9.17, 15) is 8.78 Å². The Kier molecular flexibility index (Phi) is 4.30. The number of alkyl halides is 2. The summed E-state index contributed by atoms with van der Waals surface area (Å²) in [5.41, 5.74) is 0.0624. The average Bonchev–Trinajstić information content (AvgIpc) is 2.91. The van der Waals surface area contributed by atoms with Crippen LogP contribution in [0.1, 0.15) is 18.9 Å². The highest BCUT2D eigenvalue weighted by atomic mass is 19.3. The molecule has 1 saturated heterocycles. The van der Waals surface area contributed by atoms with Gasteiger partial charge in [0.05, 0.1) is 13.2 Å². The van der Waals surface area contributed by atoms with Gasteiger partial charge in [0.2, 0.25) is 0 Å². The van der Waals surface area contributed by atoms with Crippen LogP contribution in [0.15, 0.2) is 30.3 Å². The highest BCUT2D eigenvalue weighted by molar-refractivity contribution is 5.20. The van der Waals surface area contributed by atoms with E-state index in [1.165, 1.54) is 12.1 Å². The van der Waals surface area contributed by atoms with E-state index in [1.54, 1.807) is 18.2 Å². The van der Waals surface area contributed by atoms with Gasteiger partial charge in [-0.2, -0.15) is 8.78 Å². The lowest BCUT2D eigenvalue weighted by molar-refractivity contribution is -0.00710. The maximum absolute atomic E-state index is 13.9. The summed E-state index contributed by atoms with van der Waals surface area (Å²) in [5.74, 6) is -2.48. The van der Waals surface area contributed by atoms with Gasteiger partial charge in [-0.25, -0.2) is 0 Å². The van der Waals surface area contributed by atoms with Crippen LogP contribution in [-0.2, 0) is 10.7 Å². The first-order valence-electron chi connectivity index (χ1n) is 6.34. The summed E-state index contributed by atoms with van der Waals surface area (Å²) in [7, 11) is 0. The van der Waals surface area contributed by atoms with E-state index >= 15 is 0 Å². The molecule has 1 fully saturated rings. The number of hydrogen-bond donors (Lipinski definition) is 1. The third-order valence-electron chi connectivity index (χ3n) is 3.51. The predicted octanol–water partition coefficient (Wildman–Crippen LogP) is 2.79. The van der Waals surface area contributed by atoms with Crippen molar-refractivity contribution in [3.8, 4) is 0 Å². The molecule has 0 saturated carbocycles. The van der Waals surface area contributed by atoms with Crippen LogP contribution in [0.5, 0.6) is 0 Å². The van der Waals surface area contributed by atoms with Gasteiger partial charge in [0, 0.05) is 18.2 Å². The van der Waals surface area contributed by atoms with E-state index in [-0.39, 0.29) is 18.2 Å². The second-order valence-corrected chi connectivity index (χ2v) is 4.86. The predicted molar refractivity (Wildman–Crippen MR) is 66.7 cm³/mol. The minimum atomic E-state index is -2.82. The van der Waals surface area contributed by atoms with Crippen molar-refractivity contribution in [1.82, 2.24) is 5.32 Å². The highest BCUT2D eigenvalue weighted by Crippen LogP contribution is 2.27. The fraction of sp³-hybridized carbons (Fsp3) is 0.571. The van der Waals surface area contributed by atoms with E-state index in [2.05, 4.69) is 5.32 Å². The third-order valence-corrected chi connectivity index (χ3v) is 3.51. The Hall–Kier alpha value is -1.00. The second-order valence-electron chi connectivity index (χ2n) is 4.86. The first-order chi connectivity index (χ1) is 8.59. The lowest BCUT2D eigenvalue weighted by Crippen LogP contribution is -2.40. The molecule has 0 bridgehead atoms. The fourth-order valence-corrected chi connectivity index (χ4v) is 2.19. The van der Waals surface area contributed by atoms with Crippen molar-refractivity contribution in [2.45, 2.75) is 25.3 Å². The lowest BCUT2D eigenvalue weighted by Gasteiger charge is -2.23. The number of benzene rings is 1. The maximum Gasteiger partial charge on any atom is 0.285 e. The van der Waals surface area contributed by atoms with Crippen LogP contribution in [0.4, 0.5) is 8.78 Å². The van der Waals surface area contributed by atoms with Gasteiger partial charge < -0.3 is 10.1 Å². The molecule has 1 aromatic carbocycles. The number of rotatable bonds is 5. The molecule has 0 radical (unpaired) electrons. The van der Waals surface area contributed by atoms with E-state index in [4.69, 9.17) is 4.74 Å². The van der Waals surface area contributed by atoms with Crippen LogP contribution < -0.4 is 5.32 Å². The van der Waals surface area contributed by atoms with Crippen molar-refractivity contribution in [1.29, 1.82) is 0 Å². The average molecular weight is 255 g/mol. The summed E-state index contributed by atoms with van der Waals surface area (Å²) in [4.78, 5) is 0. The first kappa shape index (κ1) is 13.4. The van der Waals surface area contributed by atoms with E-state index < -0.39 is 5.92 Å². The Morgan fingerprint density at radius 2 is 2.11 bits per heavy atom. The zero-order valence-corrected chi connectivity index (χ0v) is 10.5. The van der Waals surface area contributed by atoms with Crippen molar-refractivity contribution in [3.05, 3.63) is 35.9 Å². The maximum atomic E-state index is 13.9. The number of hydrogen-bond acceptors (Lipinski definition) is 2. The quantitative estimate of drug-likeness (QED) is 0.873. The number of ether oxygens (including phenoxy) is 1. The van der Waals surface area contributed by atoms with E-state index in [0.717, 1.165) is 13.0 Å². The zero-order valence-electron chi connectivity index (χ0n) is 10.5. The van der Waals surface area contributed by atoms with Crippen LogP contribution in [0.25, 0.3) is 0 Å². The molecular formula is C14H19F2NO. The van der Waals surface area contributed by atoms with E-state index in [0.29, 0.717) is 12.5 Å². The SMILES string of the molecule is CC(NCC(F)(F)c1ccccc1)C1CCOC1. The van der Waals surface area contributed by atoms with Crippen LogP contribution in [0, 0.1) is 5.92 Å². The molecule has 1 N–H and O–H groups in total. The van der Waals surface area contributed by atoms with Gasteiger partial charge in [-0.15, -0.1) is 0 Å². The lowest BCUT2D eigenvalue weighted by atomic mass is 10.00. The Morgan fingerprint density at radius 1 is 1.39 bits per heavy atom. The summed E-state index contributed by atoms with van der Waals surface area (Å²) < 4.78 is 33.1. The molecule has 4 heteroatoms. The van der Waals surface area contributed by atoms with Crippen molar-refractivity contribution in [3.63, 3.8) is 0 Å². The third kappa shape index (κ3) is 3.27. The largest absolute Gasteiger partial charge is 0.381 e. The summed E-state index contributed by atoms with van der Waals surface area (Å²) >= 11 is 0. The van der Waals surface area contributed by atoms with Gasteiger partial charge in [-0.1, -0.05) is 30.3 Å². The van der Waals surface area contributed by atoms with Crippen LogP contribution in [0.2, 0.25) is 0 Å². The summed E-state index contributed by atoms with van der Waals surface area (Å²) in [6.45, 7) is 3.03. The number of halogens is 2. The van der Waals surface area contributed by atoms with Crippen molar-refractivity contribution < 1.29 is 13.5 Å². The summed E-state index contributed by atoms with van der Waals surface area (Å²) in [6, 6.07) is 8.00. The van der Waals surface area contributed by atoms with E-state index in [1.807, 2.05) is 6.92 Å². The van der Waals surface area contributed by atoms with Gasteiger partial charge >= 0.3 is 0 Å². The summed E-state index contributed by atoms with van der Waals surface area (Å²) in [5, 5.41) is 2.93. The monoisotopic (exact) mass is 255 g/mol. The van der Waals surface area contributed by atoms with Gasteiger partial charge in [0.1, 0.15) is 0 Å². The molecule has 0 spiro atoms. The fourth-order valence-electron chi connectivity index (χ4n) is 2.19. The van der Waals surface area contributed by atoms with Gasteiger partial charge in [-0.05, 0) is 19.3 Å². The molecule has 1 aliphatic heterocycles. The van der Waals surface area contributed by atoms with Gasteiger partial charge in [-0.3, -0.25) is 0 Å². The zero-order chi connectivity index (χ0) is 13.0. The summed E-state index contributed by atoms with van der Waals surface area (Å²) in [6.07, 6.45) is 0.949. The topological polar surface area (TPSA) is 21.3 Å². The Balaban J connectivity index is 1.88. The molecule has 100 valence electrons. The molecule has 2 nitrogen and oxygen atoms in total. The van der Waals surface area contributed by atoms with Gasteiger partial charge in [0.15, 0.2) is 0 Å². The highest BCUT2D eigenvalue weighted by Gasteiger charge is 2.32. The normalized spacial score (nSPS) is 22.1. The molecule has 1 heterocycles. The standard InChI is InChI=1S/C14H19F2NO/c1-11(12-7-8-18-9-12)17-10-14(15,16)13-5-3-2-4-6-13/h2-6,11-12,17H,7-10H2,1H3. The first-order valence-corrected chi connectivity index (χ1v) is 6.34. The molecule has 0 aromatic heterocycles. The molecule has 0 amide bonds. The Bertz CT molecular complexity index is 363. The molecule has 1 aliphatic rings. The minimum absolute atomic E-state index is 0.0575. The molecule has 1 aromatic rings. The van der Waals surface area contributed by atoms with Crippen LogP contribution >= 0.6 is 0 Å². The van der Waals surface area contributed by atoms with Gasteiger partial charge in [0.25, 0.3) is 5.92 Å². The van der Waals surface area contributed by atoms with Crippen molar-refractivity contribution in [2.75, 3.05) is 19.8 Å². The molecular weight excluding hydrogens is 236 g/mol. The van der Waals surface area contributed by atoms with Crippen molar-refractivity contribution >= 4 is 0 Å². The number of nitrogens with one attached hydrogen (secondary N) is 1.